The summed E-state index contributed by atoms with van der Waals surface area (Å²) in [7, 11) is 0. The number of thioether (sulfide) groups is 1. The van der Waals surface area contributed by atoms with Crippen LogP contribution in [0.1, 0.15) is 28.1 Å². The first-order valence-corrected chi connectivity index (χ1v) is 7.89. The molecule has 0 saturated carbocycles. The van der Waals surface area contributed by atoms with E-state index in [2.05, 4.69) is 21.1 Å². The molecule has 0 aliphatic carbocycles. The standard InChI is InChI=1S/C16H15N5S/c1-10-11(2)18-15-19-16(20-21(15)12(10)3)22-9-14-6-4-13(8-17)5-7-14/h4-7H,9H2,1-3H3. The molecule has 0 N–H and O–H groups in total. The van der Waals surface area contributed by atoms with Crippen LogP contribution in [0.2, 0.25) is 0 Å². The van der Waals surface area contributed by atoms with Gasteiger partial charge in [-0.2, -0.15) is 10.2 Å². The van der Waals surface area contributed by atoms with Gasteiger partial charge in [0.1, 0.15) is 0 Å². The van der Waals surface area contributed by atoms with E-state index in [1.54, 1.807) is 16.3 Å². The van der Waals surface area contributed by atoms with Crippen LogP contribution >= 0.6 is 11.8 Å². The molecule has 0 spiro atoms. The maximum Gasteiger partial charge on any atom is 0.253 e. The van der Waals surface area contributed by atoms with Gasteiger partial charge in [-0.3, -0.25) is 0 Å². The van der Waals surface area contributed by atoms with Gasteiger partial charge in [-0.15, -0.1) is 5.10 Å². The van der Waals surface area contributed by atoms with Crippen LogP contribution in [-0.2, 0) is 5.75 Å². The van der Waals surface area contributed by atoms with Crippen LogP contribution < -0.4 is 0 Å². The zero-order valence-electron chi connectivity index (χ0n) is 12.7. The summed E-state index contributed by atoms with van der Waals surface area (Å²) in [5.74, 6) is 1.41. The van der Waals surface area contributed by atoms with Crippen molar-refractivity contribution in [2.75, 3.05) is 0 Å². The molecule has 3 aromatic rings. The molecule has 0 fully saturated rings. The zero-order valence-corrected chi connectivity index (χ0v) is 13.5. The van der Waals surface area contributed by atoms with Crippen molar-refractivity contribution in [3.8, 4) is 6.07 Å². The van der Waals surface area contributed by atoms with Gasteiger partial charge in [-0.1, -0.05) is 23.9 Å². The van der Waals surface area contributed by atoms with Crippen LogP contribution in [-0.4, -0.2) is 19.6 Å². The molecule has 0 atom stereocenters. The second-order valence-corrected chi connectivity index (χ2v) is 6.05. The van der Waals surface area contributed by atoms with Gasteiger partial charge >= 0.3 is 0 Å². The van der Waals surface area contributed by atoms with Crippen molar-refractivity contribution in [3.05, 3.63) is 52.3 Å². The highest BCUT2D eigenvalue weighted by Crippen LogP contribution is 2.21. The third kappa shape index (κ3) is 2.68. The number of aryl methyl sites for hydroxylation is 2. The topological polar surface area (TPSA) is 66.9 Å². The van der Waals surface area contributed by atoms with Gasteiger partial charge in [0.15, 0.2) is 0 Å². The second kappa shape index (κ2) is 5.78. The summed E-state index contributed by atoms with van der Waals surface area (Å²) in [5.41, 5.74) is 5.01. The summed E-state index contributed by atoms with van der Waals surface area (Å²) >= 11 is 1.57. The molecular weight excluding hydrogens is 294 g/mol. The highest BCUT2D eigenvalue weighted by atomic mass is 32.2. The Bertz CT molecular complexity index is 874. The average Bonchev–Trinajstić information content (AvgIpc) is 2.94. The van der Waals surface area contributed by atoms with Crippen molar-refractivity contribution in [2.24, 2.45) is 0 Å². The largest absolute Gasteiger partial charge is 0.253 e. The number of rotatable bonds is 3. The van der Waals surface area contributed by atoms with Crippen molar-refractivity contribution in [3.63, 3.8) is 0 Å². The van der Waals surface area contributed by atoms with Crippen molar-refractivity contribution in [2.45, 2.75) is 31.7 Å². The van der Waals surface area contributed by atoms with Gasteiger partial charge in [0.2, 0.25) is 5.16 Å². The Morgan fingerprint density at radius 3 is 2.55 bits per heavy atom. The highest BCUT2D eigenvalue weighted by molar-refractivity contribution is 7.98. The minimum atomic E-state index is 0.642. The molecule has 5 nitrogen and oxygen atoms in total. The molecule has 6 heteroatoms. The first kappa shape index (κ1) is 14.5. The van der Waals surface area contributed by atoms with Crippen LogP contribution in [0.3, 0.4) is 0 Å². The van der Waals surface area contributed by atoms with E-state index in [1.165, 1.54) is 0 Å². The van der Waals surface area contributed by atoms with E-state index in [4.69, 9.17) is 5.26 Å². The molecule has 0 bridgehead atoms. The molecule has 0 aliphatic rings. The van der Waals surface area contributed by atoms with Gasteiger partial charge < -0.3 is 0 Å². The number of nitrogens with zero attached hydrogens (tertiary/aromatic N) is 5. The molecule has 0 aliphatic heterocycles. The quantitative estimate of drug-likeness (QED) is 0.695. The van der Waals surface area contributed by atoms with Crippen molar-refractivity contribution in [1.29, 1.82) is 5.26 Å². The summed E-state index contributed by atoms with van der Waals surface area (Å²) in [4.78, 5) is 8.95. The normalized spacial score (nSPS) is 10.8. The highest BCUT2D eigenvalue weighted by Gasteiger charge is 2.11. The van der Waals surface area contributed by atoms with E-state index < -0.39 is 0 Å². The number of aromatic nitrogens is 4. The number of fused-ring (bicyclic) bond motifs is 1. The predicted octanol–water partition coefficient (Wildman–Crippen LogP) is 3.21. The number of hydrogen-bond acceptors (Lipinski definition) is 5. The number of benzene rings is 1. The fourth-order valence-electron chi connectivity index (χ4n) is 2.12. The summed E-state index contributed by atoms with van der Waals surface area (Å²) in [6, 6.07) is 9.68. The molecule has 2 aromatic heterocycles. The van der Waals surface area contributed by atoms with E-state index in [9.17, 15) is 0 Å². The molecule has 0 unspecified atom stereocenters. The summed E-state index contributed by atoms with van der Waals surface area (Å²) in [6.07, 6.45) is 0. The fraction of sp³-hybridized carbons (Fsp3) is 0.250. The van der Waals surface area contributed by atoms with E-state index in [-0.39, 0.29) is 0 Å². The third-order valence-electron chi connectivity index (χ3n) is 3.69. The number of hydrogen-bond donors (Lipinski definition) is 0. The lowest BCUT2D eigenvalue weighted by Gasteiger charge is -2.04. The van der Waals surface area contributed by atoms with E-state index >= 15 is 0 Å². The molecule has 0 saturated heterocycles. The molecule has 22 heavy (non-hydrogen) atoms. The van der Waals surface area contributed by atoms with Crippen molar-refractivity contribution in [1.82, 2.24) is 19.6 Å². The van der Waals surface area contributed by atoms with Crippen molar-refractivity contribution >= 4 is 17.5 Å². The Labute approximate surface area is 133 Å². The molecule has 2 heterocycles. The average molecular weight is 309 g/mol. The zero-order chi connectivity index (χ0) is 15.7. The van der Waals surface area contributed by atoms with Gasteiger partial charge in [-0.05, 0) is 44.0 Å². The van der Waals surface area contributed by atoms with Crippen LogP contribution in [0.15, 0.2) is 29.4 Å². The molecule has 0 radical (unpaired) electrons. The second-order valence-electron chi connectivity index (χ2n) is 5.11. The summed E-state index contributed by atoms with van der Waals surface area (Å²) in [5, 5.41) is 14.0. The van der Waals surface area contributed by atoms with Gasteiger partial charge in [0.25, 0.3) is 5.78 Å². The maximum absolute atomic E-state index is 8.80. The Balaban J connectivity index is 1.82. The Morgan fingerprint density at radius 2 is 1.86 bits per heavy atom. The van der Waals surface area contributed by atoms with E-state index in [0.29, 0.717) is 16.5 Å². The van der Waals surface area contributed by atoms with Crippen LogP contribution in [0.25, 0.3) is 5.78 Å². The van der Waals surface area contributed by atoms with Gasteiger partial charge in [0.05, 0.1) is 11.6 Å². The summed E-state index contributed by atoms with van der Waals surface area (Å²) in [6.45, 7) is 6.06. The van der Waals surface area contributed by atoms with Gasteiger partial charge in [-0.25, -0.2) is 9.50 Å². The lowest BCUT2D eigenvalue weighted by molar-refractivity contribution is 0.832. The van der Waals surface area contributed by atoms with E-state index in [0.717, 1.165) is 28.3 Å². The first-order valence-electron chi connectivity index (χ1n) is 6.91. The smallest absolute Gasteiger partial charge is 0.216 e. The van der Waals surface area contributed by atoms with Crippen molar-refractivity contribution < 1.29 is 0 Å². The lowest BCUT2D eigenvalue weighted by Crippen LogP contribution is -2.02. The fourth-order valence-corrected chi connectivity index (χ4v) is 2.90. The minimum Gasteiger partial charge on any atom is -0.216 e. The molecular formula is C16H15N5S. The Morgan fingerprint density at radius 1 is 1.14 bits per heavy atom. The molecule has 0 amide bonds. The van der Waals surface area contributed by atoms with Gasteiger partial charge in [0, 0.05) is 17.1 Å². The Hall–Kier alpha value is -2.39. The lowest BCUT2D eigenvalue weighted by atomic mass is 10.2. The summed E-state index contributed by atoms with van der Waals surface area (Å²) < 4.78 is 1.80. The first-order chi connectivity index (χ1) is 10.6. The van der Waals surface area contributed by atoms with Crippen LogP contribution in [0.4, 0.5) is 0 Å². The van der Waals surface area contributed by atoms with Crippen LogP contribution in [0, 0.1) is 32.1 Å². The Kier molecular flexibility index (Phi) is 3.82. The minimum absolute atomic E-state index is 0.642. The van der Waals surface area contributed by atoms with E-state index in [1.807, 2.05) is 45.0 Å². The SMILES string of the molecule is Cc1nc2nc(SCc3ccc(C#N)cc3)nn2c(C)c1C. The molecule has 110 valence electrons. The van der Waals surface area contributed by atoms with Crippen LogP contribution in [0.5, 0.6) is 0 Å². The molecule has 1 aromatic carbocycles. The molecule has 3 rings (SSSR count). The monoisotopic (exact) mass is 309 g/mol. The number of nitriles is 1. The predicted molar refractivity (Wildman–Crippen MR) is 85.7 cm³/mol. The third-order valence-corrected chi connectivity index (χ3v) is 4.60. The maximum atomic E-state index is 8.80.